The summed E-state index contributed by atoms with van der Waals surface area (Å²) in [5.41, 5.74) is 0.953. The maximum absolute atomic E-state index is 12.2. The Hall–Kier alpha value is -2.04. The normalized spacial score (nSPS) is 16.0. The first-order chi connectivity index (χ1) is 9.79. The van der Waals surface area contributed by atoms with Crippen LogP contribution in [0.1, 0.15) is 31.1 Å². The van der Waals surface area contributed by atoms with Crippen molar-refractivity contribution in [3.63, 3.8) is 0 Å². The summed E-state index contributed by atoms with van der Waals surface area (Å²) in [7, 11) is 0. The zero-order chi connectivity index (χ0) is 15.6. The third-order valence-corrected chi connectivity index (χ3v) is 3.69. The number of nitrogens with zero attached hydrogens (tertiary/aromatic N) is 2. The second-order valence-electron chi connectivity index (χ2n) is 6.38. The summed E-state index contributed by atoms with van der Waals surface area (Å²) in [6, 6.07) is 6.88. The number of rotatable bonds is 2. The van der Waals surface area contributed by atoms with Crippen molar-refractivity contribution < 1.29 is 14.7 Å². The molecule has 1 saturated heterocycles. The van der Waals surface area contributed by atoms with Crippen LogP contribution < -0.4 is 4.90 Å². The molecule has 5 heteroatoms. The molecule has 0 saturated carbocycles. The van der Waals surface area contributed by atoms with E-state index in [0.29, 0.717) is 18.7 Å². The van der Waals surface area contributed by atoms with Gasteiger partial charge in [-0.15, -0.1) is 0 Å². The molecule has 1 aromatic rings. The first-order valence-electron chi connectivity index (χ1n) is 7.17. The Morgan fingerprint density at radius 1 is 1.00 bits per heavy atom. The number of anilines is 1. The third kappa shape index (κ3) is 3.54. The van der Waals surface area contributed by atoms with Crippen molar-refractivity contribution in [2.45, 2.75) is 20.8 Å². The van der Waals surface area contributed by atoms with E-state index >= 15 is 0 Å². The van der Waals surface area contributed by atoms with Crippen molar-refractivity contribution in [2.24, 2.45) is 5.41 Å². The molecule has 5 nitrogen and oxygen atoms in total. The SMILES string of the molecule is CC(C)(C)C(=O)N1CCN(c2ccc(C(=O)O)cc2)CC1. The zero-order valence-electron chi connectivity index (χ0n) is 12.8. The molecule has 1 fully saturated rings. The second kappa shape index (κ2) is 5.76. The predicted molar refractivity (Wildman–Crippen MR) is 81.6 cm³/mol. The van der Waals surface area contributed by atoms with E-state index in [1.807, 2.05) is 37.8 Å². The van der Waals surface area contributed by atoms with Gasteiger partial charge in [0.2, 0.25) is 5.91 Å². The van der Waals surface area contributed by atoms with Gasteiger partial charge in [0.25, 0.3) is 0 Å². The van der Waals surface area contributed by atoms with Crippen LogP contribution in [0.5, 0.6) is 0 Å². The molecule has 0 atom stereocenters. The summed E-state index contributed by atoms with van der Waals surface area (Å²) >= 11 is 0. The van der Waals surface area contributed by atoms with E-state index in [9.17, 15) is 9.59 Å². The number of benzene rings is 1. The van der Waals surface area contributed by atoms with E-state index < -0.39 is 5.97 Å². The highest BCUT2D eigenvalue weighted by molar-refractivity contribution is 5.88. The fourth-order valence-electron chi connectivity index (χ4n) is 2.46. The Morgan fingerprint density at radius 2 is 1.52 bits per heavy atom. The molecule has 0 radical (unpaired) electrons. The van der Waals surface area contributed by atoms with Crippen LogP contribution in [-0.2, 0) is 4.79 Å². The van der Waals surface area contributed by atoms with Crippen molar-refractivity contribution >= 4 is 17.6 Å². The monoisotopic (exact) mass is 290 g/mol. The van der Waals surface area contributed by atoms with Crippen LogP contribution in [0.2, 0.25) is 0 Å². The summed E-state index contributed by atoms with van der Waals surface area (Å²) in [6.45, 7) is 8.76. The molecule has 1 aliphatic heterocycles. The Morgan fingerprint density at radius 3 is 1.95 bits per heavy atom. The number of carbonyl (C=O) groups is 2. The fraction of sp³-hybridized carbons (Fsp3) is 0.500. The maximum Gasteiger partial charge on any atom is 0.335 e. The van der Waals surface area contributed by atoms with Crippen LogP contribution in [0.25, 0.3) is 0 Å². The summed E-state index contributed by atoms with van der Waals surface area (Å²) in [5.74, 6) is -0.731. The van der Waals surface area contributed by atoms with Gasteiger partial charge >= 0.3 is 5.97 Å². The molecule has 1 aromatic carbocycles. The number of hydrogen-bond acceptors (Lipinski definition) is 3. The lowest BCUT2D eigenvalue weighted by Crippen LogP contribution is -2.51. The van der Waals surface area contributed by atoms with E-state index in [-0.39, 0.29) is 11.3 Å². The number of hydrogen-bond donors (Lipinski definition) is 1. The molecule has 1 N–H and O–H groups in total. The Labute approximate surface area is 125 Å². The van der Waals surface area contributed by atoms with Gasteiger partial charge in [-0.3, -0.25) is 4.79 Å². The first-order valence-corrected chi connectivity index (χ1v) is 7.17. The van der Waals surface area contributed by atoms with Gasteiger partial charge in [-0.05, 0) is 24.3 Å². The van der Waals surface area contributed by atoms with Gasteiger partial charge in [-0.25, -0.2) is 4.79 Å². The minimum Gasteiger partial charge on any atom is -0.478 e. The van der Waals surface area contributed by atoms with Gasteiger partial charge in [0.1, 0.15) is 0 Å². The highest BCUT2D eigenvalue weighted by Gasteiger charge is 2.29. The summed E-state index contributed by atoms with van der Waals surface area (Å²) in [4.78, 5) is 27.2. The largest absolute Gasteiger partial charge is 0.478 e. The molecule has 1 heterocycles. The Bertz CT molecular complexity index is 523. The van der Waals surface area contributed by atoms with E-state index in [4.69, 9.17) is 5.11 Å². The Balaban J connectivity index is 1.98. The van der Waals surface area contributed by atoms with Gasteiger partial charge in [-0.1, -0.05) is 20.8 Å². The first kappa shape index (κ1) is 15.4. The molecule has 114 valence electrons. The van der Waals surface area contributed by atoms with E-state index in [0.717, 1.165) is 18.8 Å². The van der Waals surface area contributed by atoms with Gasteiger partial charge in [0.05, 0.1) is 5.56 Å². The Kier molecular flexibility index (Phi) is 4.21. The van der Waals surface area contributed by atoms with E-state index in [2.05, 4.69) is 4.90 Å². The lowest BCUT2D eigenvalue weighted by Gasteiger charge is -2.38. The number of carbonyl (C=O) groups excluding carboxylic acids is 1. The lowest BCUT2D eigenvalue weighted by molar-refractivity contribution is -0.139. The van der Waals surface area contributed by atoms with Crippen LogP contribution in [0, 0.1) is 5.41 Å². The fourth-order valence-corrected chi connectivity index (χ4v) is 2.46. The highest BCUT2D eigenvalue weighted by atomic mass is 16.4. The molecule has 1 amide bonds. The molecule has 0 unspecified atom stereocenters. The minimum atomic E-state index is -0.915. The topological polar surface area (TPSA) is 60.9 Å². The summed E-state index contributed by atoms with van der Waals surface area (Å²) in [6.07, 6.45) is 0. The lowest BCUT2D eigenvalue weighted by atomic mass is 9.94. The molecule has 1 aliphatic rings. The zero-order valence-corrected chi connectivity index (χ0v) is 12.8. The van der Waals surface area contributed by atoms with Crippen molar-refractivity contribution in [1.29, 1.82) is 0 Å². The molecular weight excluding hydrogens is 268 g/mol. The molecule has 2 rings (SSSR count). The van der Waals surface area contributed by atoms with Crippen molar-refractivity contribution in [3.8, 4) is 0 Å². The molecular formula is C16H22N2O3. The van der Waals surface area contributed by atoms with Crippen LogP contribution in [0.4, 0.5) is 5.69 Å². The van der Waals surface area contributed by atoms with Crippen molar-refractivity contribution in [1.82, 2.24) is 4.90 Å². The number of aromatic carboxylic acids is 1. The van der Waals surface area contributed by atoms with E-state index in [1.54, 1.807) is 12.1 Å². The summed E-state index contributed by atoms with van der Waals surface area (Å²) < 4.78 is 0. The number of carboxylic acid groups (broad SMARTS) is 1. The summed E-state index contributed by atoms with van der Waals surface area (Å²) in [5, 5.41) is 8.90. The number of piperazine rings is 1. The molecule has 21 heavy (non-hydrogen) atoms. The van der Waals surface area contributed by atoms with Gasteiger partial charge < -0.3 is 14.9 Å². The van der Waals surface area contributed by atoms with Gasteiger partial charge in [0, 0.05) is 37.3 Å². The van der Waals surface area contributed by atoms with Crippen molar-refractivity contribution in [2.75, 3.05) is 31.1 Å². The number of carboxylic acids is 1. The van der Waals surface area contributed by atoms with Gasteiger partial charge in [0.15, 0.2) is 0 Å². The van der Waals surface area contributed by atoms with Crippen LogP contribution in [0.15, 0.2) is 24.3 Å². The minimum absolute atomic E-state index is 0.184. The maximum atomic E-state index is 12.2. The van der Waals surface area contributed by atoms with Crippen LogP contribution in [0.3, 0.4) is 0 Å². The average molecular weight is 290 g/mol. The van der Waals surface area contributed by atoms with Crippen LogP contribution in [-0.4, -0.2) is 48.1 Å². The third-order valence-electron chi connectivity index (χ3n) is 3.69. The molecule has 0 aliphatic carbocycles. The predicted octanol–water partition coefficient (Wildman–Crippen LogP) is 2.08. The molecule has 0 bridgehead atoms. The smallest absolute Gasteiger partial charge is 0.335 e. The quantitative estimate of drug-likeness (QED) is 0.906. The molecule has 0 spiro atoms. The van der Waals surface area contributed by atoms with Crippen LogP contribution >= 0.6 is 0 Å². The van der Waals surface area contributed by atoms with Crippen molar-refractivity contribution in [3.05, 3.63) is 29.8 Å². The highest BCUT2D eigenvalue weighted by Crippen LogP contribution is 2.21. The second-order valence-corrected chi connectivity index (χ2v) is 6.38. The average Bonchev–Trinajstić information content (AvgIpc) is 2.46. The standard InChI is InChI=1S/C16H22N2O3/c1-16(2,3)15(21)18-10-8-17(9-11-18)13-6-4-12(5-7-13)14(19)20/h4-7H,8-11H2,1-3H3,(H,19,20). The number of amides is 1. The van der Waals surface area contributed by atoms with Gasteiger partial charge in [-0.2, -0.15) is 0 Å². The molecule has 0 aromatic heterocycles. The van der Waals surface area contributed by atoms with E-state index in [1.165, 1.54) is 0 Å².